The van der Waals surface area contributed by atoms with Crippen LogP contribution in [0, 0.1) is 0 Å². The first kappa shape index (κ1) is 16.5. The molecule has 1 aromatic heterocycles. The molecular weight excluding hydrogens is 326 g/mol. The van der Waals surface area contributed by atoms with Crippen LogP contribution < -0.4 is 0 Å². The molecule has 1 fully saturated rings. The standard InChI is InChI=1S/C18H21NO2S2/c20-18(14-22-13-15-5-2-1-3-6-15)19-9-8-17(23-12-10-19)16-7-4-11-21-16/h1-7,11,17H,8-10,12-14H2/t17-/m1/s1. The summed E-state index contributed by atoms with van der Waals surface area (Å²) in [7, 11) is 0. The molecule has 0 spiro atoms. The largest absolute Gasteiger partial charge is 0.468 e. The molecule has 5 heteroatoms. The molecule has 23 heavy (non-hydrogen) atoms. The molecule has 0 unspecified atom stereocenters. The van der Waals surface area contributed by atoms with E-state index in [0.29, 0.717) is 11.0 Å². The molecule has 0 N–H and O–H groups in total. The fourth-order valence-corrected chi connectivity index (χ4v) is 4.71. The lowest BCUT2D eigenvalue weighted by Crippen LogP contribution is -2.34. The number of amides is 1. The van der Waals surface area contributed by atoms with Gasteiger partial charge < -0.3 is 9.32 Å². The summed E-state index contributed by atoms with van der Waals surface area (Å²) in [5, 5.41) is 0.375. The number of thioether (sulfide) groups is 2. The molecule has 2 aromatic rings. The molecular formula is C18H21NO2S2. The van der Waals surface area contributed by atoms with E-state index in [-0.39, 0.29) is 5.91 Å². The Kier molecular flexibility index (Phi) is 6.11. The van der Waals surface area contributed by atoms with Gasteiger partial charge in [0.2, 0.25) is 5.91 Å². The summed E-state index contributed by atoms with van der Waals surface area (Å²) in [5.74, 6) is 3.71. The predicted molar refractivity (Wildman–Crippen MR) is 97.7 cm³/mol. The molecule has 2 heterocycles. The monoisotopic (exact) mass is 347 g/mol. The van der Waals surface area contributed by atoms with Gasteiger partial charge in [-0.05, 0) is 24.1 Å². The number of carbonyl (C=O) groups excluding carboxylic acids is 1. The maximum absolute atomic E-state index is 12.4. The van der Waals surface area contributed by atoms with Crippen LogP contribution >= 0.6 is 23.5 Å². The van der Waals surface area contributed by atoms with Gasteiger partial charge in [-0.15, -0.1) is 23.5 Å². The summed E-state index contributed by atoms with van der Waals surface area (Å²) in [5.41, 5.74) is 1.27. The van der Waals surface area contributed by atoms with E-state index < -0.39 is 0 Å². The van der Waals surface area contributed by atoms with E-state index in [2.05, 4.69) is 12.1 Å². The van der Waals surface area contributed by atoms with Crippen molar-refractivity contribution in [3.05, 3.63) is 60.1 Å². The van der Waals surface area contributed by atoms with Gasteiger partial charge in [0.25, 0.3) is 0 Å². The third-order valence-corrected chi connectivity index (χ3v) is 6.17. The van der Waals surface area contributed by atoms with Crippen molar-refractivity contribution < 1.29 is 9.21 Å². The summed E-state index contributed by atoms with van der Waals surface area (Å²) < 4.78 is 5.51. The Balaban J connectivity index is 1.44. The van der Waals surface area contributed by atoms with Crippen molar-refractivity contribution in [3.8, 4) is 0 Å². The molecule has 1 atom stereocenters. The fourth-order valence-electron chi connectivity index (χ4n) is 2.64. The van der Waals surface area contributed by atoms with Crippen LogP contribution in [0.15, 0.2) is 53.1 Å². The third kappa shape index (κ3) is 4.82. The van der Waals surface area contributed by atoms with Crippen molar-refractivity contribution in [2.75, 3.05) is 24.6 Å². The number of hydrogen-bond acceptors (Lipinski definition) is 4. The predicted octanol–water partition coefficient (Wildman–Crippen LogP) is 4.22. The van der Waals surface area contributed by atoms with E-state index in [1.54, 1.807) is 18.0 Å². The first-order valence-corrected chi connectivity index (χ1v) is 10.1. The van der Waals surface area contributed by atoms with Gasteiger partial charge in [0, 0.05) is 24.6 Å². The van der Waals surface area contributed by atoms with Crippen molar-refractivity contribution in [2.24, 2.45) is 0 Å². The molecule has 1 aliphatic heterocycles. The topological polar surface area (TPSA) is 33.5 Å². The van der Waals surface area contributed by atoms with E-state index in [1.807, 2.05) is 47.0 Å². The van der Waals surface area contributed by atoms with E-state index in [9.17, 15) is 4.79 Å². The lowest BCUT2D eigenvalue weighted by atomic mass is 10.2. The van der Waals surface area contributed by atoms with Gasteiger partial charge in [-0.2, -0.15) is 0 Å². The zero-order valence-electron chi connectivity index (χ0n) is 13.0. The molecule has 0 bridgehead atoms. The molecule has 122 valence electrons. The third-order valence-electron chi connectivity index (χ3n) is 3.89. The average molecular weight is 348 g/mol. The summed E-state index contributed by atoms with van der Waals surface area (Å²) in [4.78, 5) is 14.4. The van der Waals surface area contributed by atoms with Crippen LogP contribution in [0.25, 0.3) is 0 Å². The number of furan rings is 1. The van der Waals surface area contributed by atoms with Crippen molar-refractivity contribution in [1.82, 2.24) is 4.90 Å². The molecule has 3 rings (SSSR count). The maximum Gasteiger partial charge on any atom is 0.232 e. The SMILES string of the molecule is O=C(CSCc1ccccc1)N1CCS[C@@H](c2ccco2)CC1. The second-order valence-electron chi connectivity index (χ2n) is 5.52. The highest BCUT2D eigenvalue weighted by atomic mass is 32.2. The van der Waals surface area contributed by atoms with Crippen LogP contribution in [0.3, 0.4) is 0 Å². The number of carbonyl (C=O) groups is 1. The number of rotatable bonds is 5. The Bertz CT molecular complexity index is 601. The van der Waals surface area contributed by atoms with Gasteiger partial charge in [0.05, 0.1) is 17.3 Å². The highest BCUT2D eigenvalue weighted by Gasteiger charge is 2.23. The van der Waals surface area contributed by atoms with Crippen molar-refractivity contribution in [2.45, 2.75) is 17.4 Å². The Morgan fingerprint density at radius 3 is 2.87 bits per heavy atom. The van der Waals surface area contributed by atoms with Gasteiger partial charge >= 0.3 is 0 Å². The van der Waals surface area contributed by atoms with Gasteiger partial charge in [-0.3, -0.25) is 4.79 Å². The Labute approximate surface area is 145 Å². The number of hydrogen-bond donors (Lipinski definition) is 0. The smallest absolute Gasteiger partial charge is 0.232 e. The lowest BCUT2D eigenvalue weighted by molar-refractivity contribution is -0.128. The second kappa shape index (κ2) is 8.50. The maximum atomic E-state index is 12.4. The van der Waals surface area contributed by atoms with Crippen LogP contribution in [-0.2, 0) is 10.5 Å². The molecule has 0 saturated carbocycles. The molecule has 0 aliphatic carbocycles. The van der Waals surface area contributed by atoms with E-state index in [4.69, 9.17) is 4.42 Å². The summed E-state index contributed by atoms with van der Waals surface area (Å²) in [6, 6.07) is 14.3. The van der Waals surface area contributed by atoms with Crippen molar-refractivity contribution >= 4 is 29.4 Å². The Morgan fingerprint density at radius 2 is 2.09 bits per heavy atom. The van der Waals surface area contributed by atoms with Gasteiger partial charge in [-0.1, -0.05) is 30.3 Å². The van der Waals surface area contributed by atoms with Crippen molar-refractivity contribution in [1.29, 1.82) is 0 Å². The van der Waals surface area contributed by atoms with Crippen LogP contribution in [0.4, 0.5) is 0 Å². The number of nitrogens with zero attached hydrogens (tertiary/aromatic N) is 1. The van der Waals surface area contributed by atoms with Gasteiger partial charge in [-0.25, -0.2) is 0 Å². The van der Waals surface area contributed by atoms with Gasteiger partial charge in [0.1, 0.15) is 5.76 Å². The zero-order valence-corrected chi connectivity index (χ0v) is 14.7. The molecule has 3 nitrogen and oxygen atoms in total. The Morgan fingerprint density at radius 1 is 1.22 bits per heavy atom. The second-order valence-corrected chi connectivity index (χ2v) is 7.82. The molecule has 1 aliphatic rings. The minimum atomic E-state index is 0.256. The summed E-state index contributed by atoms with van der Waals surface area (Å²) >= 11 is 3.59. The summed E-state index contributed by atoms with van der Waals surface area (Å²) in [6.45, 7) is 1.66. The normalized spacial score (nSPS) is 18.6. The minimum Gasteiger partial charge on any atom is -0.468 e. The molecule has 1 saturated heterocycles. The highest BCUT2D eigenvalue weighted by Crippen LogP contribution is 2.34. The first-order valence-electron chi connectivity index (χ1n) is 7.87. The van der Waals surface area contributed by atoms with E-state index in [1.165, 1.54) is 5.56 Å². The van der Waals surface area contributed by atoms with Crippen LogP contribution in [0.5, 0.6) is 0 Å². The highest BCUT2D eigenvalue weighted by molar-refractivity contribution is 7.99. The van der Waals surface area contributed by atoms with Crippen LogP contribution in [0.1, 0.15) is 23.0 Å². The zero-order chi connectivity index (χ0) is 15.9. The first-order chi connectivity index (χ1) is 11.3. The van der Waals surface area contributed by atoms with Crippen LogP contribution in [0.2, 0.25) is 0 Å². The number of benzene rings is 1. The average Bonchev–Trinajstić information content (AvgIpc) is 3.00. The van der Waals surface area contributed by atoms with Crippen molar-refractivity contribution in [3.63, 3.8) is 0 Å². The quantitative estimate of drug-likeness (QED) is 0.811. The summed E-state index contributed by atoms with van der Waals surface area (Å²) in [6.07, 6.45) is 2.69. The van der Waals surface area contributed by atoms with E-state index >= 15 is 0 Å². The fraction of sp³-hybridized carbons (Fsp3) is 0.389. The molecule has 0 radical (unpaired) electrons. The molecule has 1 amide bonds. The Hall–Kier alpha value is -1.33. The van der Waals surface area contributed by atoms with Gasteiger partial charge in [0.15, 0.2) is 0 Å². The minimum absolute atomic E-state index is 0.256. The van der Waals surface area contributed by atoms with E-state index in [0.717, 1.165) is 36.8 Å². The van der Waals surface area contributed by atoms with Crippen LogP contribution in [-0.4, -0.2) is 35.4 Å². The lowest BCUT2D eigenvalue weighted by Gasteiger charge is -2.20. The molecule has 1 aromatic carbocycles.